The Bertz CT molecular complexity index is 785. The van der Waals surface area contributed by atoms with Crippen LogP contribution in [-0.2, 0) is 28.6 Å². The van der Waals surface area contributed by atoms with Crippen LogP contribution in [0.1, 0.15) is 220 Å². The molecule has 0 unspecified atom stereocenters. The number of esters is 3. The van der Waals surface area contributed by atoms with Gasteiger partial charge in [-0.3, -0.25) is 14.4 Å². The first-order chi connectivity index (χ1) is 25.4. The molecule has 7 nitrogen and oxygen atoms in total. The zero-order valence-electron chi connectivity index (χ0n) is 34.5. The molecule has 0 radical (unpaired) electrons. The molecule has 0 amide bonds. The van der Waals surface area contributed by atoms with Crippen molar-refractivity contribution in [3.05, 3.63) is 0 Å². The highest BCUT2D eigenvalue weighted by Gasteiger charge is 2.19. The highest BCUT2D eigenvalue weighted by atomic mass is 32.2. The quantitative estimate of drug-likeness (QED) is 0.0384. The van der Waals surface area contributed by atoms with E-state index in [0.717, 1.165) is 193 Å². The van der Waals surface area contributed by atoms with Gasteiger partial charge in [0.2, 0.25) is 0 Å². The van der Waals surface area contributed by atoms with E-state index < -0.39 is 0 Å². The summed E-state index contributed by atoms with van der Waals surface area (Å²) in [7, 11) is 0. The van der Waals surface area contributed by atoms with Gasteiger partial charge in [-0.05, 0) is 90.1 Å². The Balaban J connectivity index is 2.31. The zero-order valence-corrected chi connectivity index (χ0v) is 35.3. The Morgan fingerprint density at radius 3 is 1.19 bits per heavy atom. The van der Waals surface area contributed by atoms with Crippen LogP contribution in [0.3, 0.4) is 0 Å². The van der Waals surface area contributed by atoms with Crippen molar-refractivity contribution in [1.29, 1.82) is 0 Å². The highest BCUT2D eigenvalue weighted by molar-refractivity contribution is 8.00. The lowest BCUT2D eigenvalue weighted by Gasteiger charge is -2.22. The average Bonchev–Trinajstić information content (AvgIpc) is 3.15. The molecule has 8 heteroatoms. The molecule has 1 fully saturated rings. The molecular formula is C44H83NO6S. The van der Waals surface area contributed by atoms with Crippen molar-refractivity contribution < 1.29 is 28.6 Å². The molecule has 1 aliphatic heterocycles. The number of ether oxygens (including phenoxy) is 3. The first-order valence-electron chi connectivity index (χ1n) is 22.3. The Kier molecular flexibility index (Phi) is 33.2. The molecule has 1 N–H and O–H groups in total. The second kappa shape index (κ2) is 35.4. The number of rotatable bonds is 36. The van der Waals surface area contributed by atoms with Crippen LogP contribution < -0.4 is 5.32 Å². The monoisotopic (exact) mass is 754 g/mol. The van der Waals surface area contributed by atoms with E-state index in [1.54, 1.807) is 11.8 Å². The second-order valence-electron chi connectivity index (χ2n) is 15.5. The van der Waals surface area contributed by atoms with Crippen molar-refractivity contribution >= 4 is 29.7 Å². The summed E-state index contributed by atoms with van der Waals surface area (Å²) in [5, 5.41) is 3.96. The number of hydrogen-bond acceptors (Lipinski definition) is 8. The topological polar surface area (TPSA) is 90.9 Å². The molecule has 306 valence electrons. The van der Waals surface area contributed by atoms with Gasteiger partial charge in [0.1, 0.15) is 18.3 Å². The normalized spacial score (nSPS) is 13.7. The second-order valence-corrected chi connectivity index (χ2v) is 16.8. The van der Waals surface area contributed by atoms with Crippen LogP contribution in [0.5, 0.6) is 0 Å². The maximum atomic E-state index is 12.8. The summed E-state index contributed by atoms with van der Waals surface area (Å²) in [5.74, 6) is 0.371. The van der Waals surface area contributed by atoms with Crippen LogP contribution in [0.4, 0.5) is 0 Å². The molecule has 1 aliphatic rings. The SMILES string of the molecule is CCCCC(CCCC)OC(=O)CCCCCCCCC(CCCCCCCCC(=O)OC(CCCC)CCCC)OC(=O)CSC1CCNCC1. The van der Waals surface area contributed by atoms with Crippen LogP contribution in [0.2, 0.25) is 0 Å². The number of unbranched alkanes of at least 4 members (excludes halogenated alkanes) is 14. The number of nitrogens with one attached hydrogen (secondary N) is 1. The van der Waals surface area contributed by atoms with Crippen molar-refractivity contribution in [2.75, 3.05) is 18.8 Å². The Morgan fingerprint density at radius 2 is 0.808 bits per heavy atom. The summed E-state index contributed by atoms with van der Waals surface area (Å²) in [5.41, 5.74) is 0. The minimum absolute atomic E-state index is 0.00684. The van der Waals surface area contributed by atoms with E-state index in [-0.39, 0.29) is 36.2 Å². The summed E-state index contributed by atoms with van der Waals surface area (Å²) >= 11 is 1.77. The third-order valence-electron chi connectivity index (χ3n) is 10.5. The minimum atomic E-state index is -0.0504. The molecule has 0 aliphatic carbocycles. The number of carbonyl (C=O) groups is 3. The number of carbonyl (C=O) groups excluding carboxylic acids is 3. The smallest absolute Gasteiger partial charge is 0.316 e. The molecule has 1 saturated heterocycles. The van der Waals surface area contributed by atoms with Crippen molar-refractivity contribution in [3.8, 4) is 0 Å². The molecule has 0 spiro atoms. The molecule has 0 aromatic heterocycles. The molecule has 52 heavy (non-hydrogen) atoms. The minimum Gasteiger partial charge on any atom is -0.462 e. The van der Waals surface area contributed by atoms with Gasteiger partial charge in [0.25, 0.3) is 0 Å². The fraction of sp³-hybridized carbons (Fsp3) is 0.932. The van der Waals surface area contributed by atoms with E-state index in [0.29, 0.717) is 23.8 Å². The lowest BCUT2D eigenvalue weighted by atomic mass is 10.0. The Morgan fingerprint density at radius 1 is 0.481 bits per heavy atom. The molecule has 0 atom stereocenters. The summed E-state index contributed by atoms with van der Waals surface area (Å²) < 4.78 is 17.7. The number of thioether (sulfide) groups is 1. The molecule has 1 rings (SSSR count). The van der Waals surface area contributed by atoms with Crippen LogP contribution in [0, 0.1) is 0 Å². The third-order valence-corrected chi connectivity index (χ3v) is 11.8. The average molecular weight is 754 g/mol. The van der Waals surface area contributed by atoms with Crippen LogP contribution >= 0.6 is 11.8 Å². The van der Waals surface area contributed by atoms with Crippen LogP contribution in [0.15, 0.2) is 0 Å². The largest absolute Gasteiger partial charge is 0.462 e. The summed E-state index contributed by atoms with van der Waals surface area (Å²) in [4.78, 5) is 37.7. The summed E-state index contributed by atoms with van der Waals surface area (Å²) in [6, 6.07) is 0. The van der Waals surface area contributed by atoms with Gasteiger partial charge in [-0.25, -0.2) is 0 Å². The van der Waals surface area contributed by atoms with Gasteiger partial charge in [0.15, 0.2) is 0 Å². The first-order valence-corrected chi connectivity index (χ1v) is 23.4. The maximum absolute atomic E-state index is 12.8. The van der Waals surface area contributed by atoms with E-state index in [1.807, 2.05) is 0 Å². The van der Waals surface area contributed by atoms with Gasteiger partial charge in [-0.15, -0.1) is 11.8 Å². The molecule has 0 saturated carbocycles. The maximum Gasteiger partial charge on any atom is 0.316 e. The predicted molar refractivity (Wildman–Crippen MR) is 220 cm³/mol. The molecular weight excluding hydrogens is 671 g/mol. The van der Waals surface area contributed by atoms with Crippen molar-refractivity contribution in [2.24, 2.45) is 0 Å². The molecule has 0 bridgehead atoms. The number of piperidine rings is 1. The molecule has 1 heterocycles. The Labute approximate surface area is 325 Å². The lowest BCUT2D eigenvalue weighted by Crippen LogP contribution is -2.30. The van der Waals surface area contributed by atoms with E-state index in [1.165, 1.54) is 0 Å². The standard InChI is InChI=1S/C44H83NO6S/c1-5-9-25-38(26-10-6-2)49-42(46)31-23-19-15-13-17-21-29-40(51-44(48)37-52-41-33-35-45-36-34-41)30-22-18-14-16-20-24-32-43(47)50-39(27-11-7-3)28-12-8-4/h38-41,45H,5-37H2,1-4H3. The van der Waals surface area contributed by atoms with Gasteiger partial charge >= 0.3 is 17.9 Å². The van der Waals surface area contributed by atoms with E-state index in [4.69, 9.17) is 14.2 Å². The molecule has 0 aromatic rings. The summed E-state index contributed by atoms with van der Waals surface area (Å²) in [6.45, 7) is 10.8. The fourth-order valence-electron chi connectivity index (χ4n) is 7.07. The predicted octanol–water partition coefficient (Wildman–Crippen LogP) is 12.2. The van der Waals surface area contributed by atoms with Crippen molar-refractivity contribution in [1.82, 2.24) is 5.32 Å². The number of hydrogen-bond donors (Lipinski definition) is 1. The van der Waals surface area contributed by atoms with Gasteiger partial charge in [0.05, 0.1) is 5.75 Å². The van der Waals surface area contributed by atoms with E-state index >= 15 is 0 Å². The van der Waals surface area contributed by atoms with E-state index in [9.17, 15) is 14.4 Å². The fourth-order valence-corrected chi connectivity index (χ4v) is 8.08. The van der Waals surface area contributed by atoms with Gasteiger partial charge in [0, 0.05) is 18.1 Å². The Hall–Kier alpha value is -1.28. The highest BCUT2D eigenvalue weighted by Crippen LogP contribution is 2.23. The van der Waals surface area contributed by atoms with Crippen LogP contribution in [-0.4, -0.2) is 60.3 Å². The third kappa shape index (κ3) is 29.1. The van der Waals surface area contributed by atoms with E-state index in [2.05, 4.69) is 33.0 Å². The first kappa shape index (κ1) is 48.7. The lowest BCUT2D eigenvalue weighted by molar-refractivity contribution is -0.151. The molecule has 0 aromatic carbocycles. The van der Waals surface area contributed by atoms with Crippen molar-refractivity contribution in [2.45, 2.75) is 244 Å². The van der Waals surface area contributed by atoms with Crippen molar-refractivity contribution in [3.63, 3.8) is 0 Å². The van der Waals surface area contributed by atoms with Gasteiger partial charge < -0.3 is 19.5 Å². The van der Waals surface area contributed by atoms with Gasteiger partial charge in [-0.2, -0.15) is 0 Å². The summed E-state index contributed by atoms with van der Waals surface area (Å²) in [6.07, 6.45) is 31.4. The van der Waals surface area contributed by atoms with Gasteiger partial charge in [-0.1, -0.05) is 130 Å². The zero-order chi connectivity index (χ0) is 37.9. The van der Waals surface area contributed by atoms with Crippen LogP contribution in [0.25, 0.3) is 0 Å².